The van der Waals surface area contributed by atoms with Crippen LogP contribution in [0.4, 0.5) is 0 Å². The number of nitrogens with zero attached hydrogens (tertiary/aromatic N) is 1. The van der Waals surface area contributed by atoms with Gasteiger partial charge in [0.05, 0.1) is 39.9 Å². The molecule has 3 N–H and O–H groups in total. The van der Waals surface area contributed by atoms with E-state index < -0.39 is 20.0 Å². The normalized spacial score (nSPS) is 14.7. The molecule has 318 valence electrons. The molecular weight excluding hydrogens is 695 g/mol. The molecule has 0 aromatic rings. The first-order valence-corrected chi connectivity index (χ1v) is 23.9. The molecule has 0 aliphatic rings. The van der Waals surface area contributed by atoms with Crippen LogP contribution in [-0.4, -0.2) is 73.4 Å². The van der Waals surface area contributed by atoms with Crippen LogP contribution >= 0.6 is 7.82 Å². The summed E-state index contributed by atoms with van der Waals surface area (Å²) in [5.41, 5.74) is 0. The molecule has 0 fully saturated rings. The van der Waals surface area contributed by atoms with Crippen molar-refractivity contribution < 1.29 is 32.9 Å². The molecule has 0 saturated heterocycles. The van der Waals surface area contributed by atoms with Gasteiger partial charge in [0, 0.05) is 6.42 Å². The van der Waals surface area contributed by atoms with Crippen LogP contribution in [0.3, 0.4) is 0 Å². The van der Waals surface area contributed by atoms with E-state index in [1.54, 1.807) is 6.08 Å². The Bertz CT molecular complexity index is 980. The number of carbonyl (C=O) groups is 1. The second kappa shape index (κ2) is 37.3. The summed E-state index contributed by atoms with van der Waals surface area (Å²) in [6.07, 6.45) is 45.2. The smallest absolute Gasteiger partial charge is 0.387 e. The van der Waals surface area contributed by atoms with E-state index in [1.807, 2.05) is 27.2 Å². The van der Waals surface area contributed by atoms with Gasteiger partial charge in [0.2, 0.25) is 5.91 Å². The van der Waals surface area contributed by atoms with Gasteiger partial charge in [-0.3, -0.25) is 13.8 Å². The maximum Gasteiger partial charge on any atom is 0.472 e. The number of quaternary nitrogens is 1. The third kappa shape index (κ3) is 39.0. The van der Waals surface area contributed by atoms with Crippen molar-refractivity contribution in [3.05, 3.63) is 36.5 Å². The Hall–Kier alpha value is -1.28. The Morgan fingerprint density at radius 3 is 1.46 bits per heavy atom. The summed E-state index contributed by atoms with van der Waals surface area (Å²) in [6, 6.07) is -0.864. The highest BCUT2D eigenvalue weighted by Crippen LogP contribution is 2.43. The summed E-state index contributed by atoms with van der Waals surface area (Å²) in [7, 11) is 1.55. The van der Waals surface area contributed by atoms with E-state index in [2.05, 4.69) is 43.5 Å². The van der Waals surface area contributed by atoms with Crippen molar-refractivity contribution in [2.45, 2.75) is 206 Å². The van der Waals surface area contributed by atoms with Crippen LogP contribution in [0.15, 0.2) is 36.5 Å². The fourth-order valence-electron chi connectivity index (χ4n) is 6.32. The van der Waals surface area contributed by atoms with Crippen LogP contribution in [0.2, 0.25) is 0 Å². The largest absolute Gasteiger partial charge is 0.472 e. The minimum atomic E-state index is -4.34. The summed E-state index contributed by atoms with van der Waals surface area (Å²) in [6.45, 7) is 4.66. The monoisotopic (exact) mass is 784 g/mol. The number of likely N-dealkylation sites (N-methyl/N-ethyl adjacent to an activating group) is 1. The molecule has 0 radical (unpaired) electrons. The lowest BCUT2D eigenvalue weighted by molar-refractivity contribution is -0.870. The number of hydrogen-bond donors (Lipinski definition) is 3. The van der Waals surface area contributed by atoms with E-state index in [0.29, 0.717) is 17.4 Å². The van der Waals surface area contributed by atoms with Gasteiger partial charge in [-0.15, -0.1) is 0 Å². The molecule has 54 heavy (non-hydrogen) atoms. The second-order valence-corrected chi connectivity index (χ2v) is 17.8. The molecule has 0 spiro atoms. The van der Waals surface area contributed by atoms with E-state index >= 15 is 0 Å². The molecule has 0 saturated carbocycles. The first-order chi connectivity index (χ1) is 26.0. The average molecular weight is 784 g/mol. The van der Waals surface area contributed by atoms with E-state index in [0.717, 1.165) is 51.4 Å². The molecule has 3 atom stereocenters. The highest BCUT2D eigenvalue weighted by atomic mass is 31.2. The van der Waals surface area contributed by atoms with E-state index in [4.69, 9.17) is 9.05 Å². The van der Waals surface area contributed by atoms with Crippen LogP contribution < -0.4 is 5.32 Å². The summed E-state index contributed by atoms with van der Waals surface area (Å²) in [5.74, 6) is -0.192. The van der Waals surface area contributed by atoms with Crippen LogP contribution in [0.1, 0.15) is 194 Å². The minimum absolute atomic E-state index is 0.0542. The predicted molar refractivity (Wildman–Crippen MR) is 231 cm³/mol. The number of carbonyl (C=O) groups excluding carboxylic acids is 1. The zero-order valence-electron chi connectivity index (χ0n) is 36.0. The molecule has 1 amide bonds. The molecule has 0 aliphatic heterocycles. The van der Waals surface area contributed by atoms with Gasteiger partial charge in [-0.2, -0.15) is 0 Å². The number of phosphoric acid groups is 1. The zero-order valence-corrected chi connectivity index (χ0v) is 36.9. The first-order valence-electron chi connectivity index (χ1n) is 22.4. The summed E-state index contributed by atoms with van der Waals surface area (Å²) < 4.78 is 23.5. The van der Waals surface area contributed by atoms with E-state index in [1.165, 1.54) is 122 Å². The van der Waals surface area contributed by atoms with Gasteiger partial charge in [0.25, 0.3) is 0 Å². The van der Waals surface area contributed by atoms with E-state index in [9.17, 15) is 19.4 Å². The fourth-order valence-corrected chi connectivity index (χ4v) is 7.05. The van der Waals surface area contributed by atoms with Gasteiger partial charge in [0.15, 0.2) is 0 Å². The summed E-state index contributed by atoms with van der Waals surface area (Å²) in [4.78, 5) is 23.0. The second-order valence-electron chi connectivity index (χ2n) is 16.4. The van der Waals surface area contributed by atoms with Crippen LogP contribution in [0.25, 0.3) is 0 Å². The van der Waals surface area contributed by atoms with Crippen molar-refractivity contribution in [1.29, 1.82) is 0 Å². The number of nitrogens with one attached hydrogen (secondary N) is 1. The van der Waals surface area contributed by atoms with Gasteiger partial charge in [-0.25, -0.2) is 4.57 Å². The predicted octanol–water partition coefficient (Wildman–Crippen LogP) is 12.3. The average Bonchev–Trinajstić information content (AvgIpc) is 3.12. The molecular formula is C45H88N2O6P+. The first kappa shape index (κ1) is 52.7. The number of rotatable bonds is 40. The molecule has 0 aliphatic carbocycles. The maximum atomic E-state index is 12.8. The van der Waals surface area contributed by atoms with Gasteiger partial charge in [-0.1, -0.05) is 185 Å². The van der Waals surface area contributed by atoms with Crippen molar-refractivity contribution in [1.82, 2.24) is 5.32 Å². The number of hydrogen-bond acceptors (Lipinski definition) is 5. The zero-order chi connectivity index (χ0) is 40.0. The number of phosphoric ester groups is 1. The molecule has 9 heteroatoms. The Balaban J connectivity index is 4.24. The van der Waals surface area contributed by atoms with Crippen LogP contribution in [0, 0.1) is 0 Å². The third-order valence-corrected chi connectivity index (χ3v) is 10.8. The van der Waals surface area contributed by atoms with Crippen molar-refractivity contribution in [3.8, 4) is 0 Å². The van der Waals surface area contributed by atoms with E-state index in [-0.39, 0.29) is 19.1 Å². The lowest BCUT2D eigenvalue weighted by Crippen LogP contribution is -2.45. The molecule has 8 nitrogen and oxygen atoms in total. The number of aliphatic hydroxyl groups excluding tert-OH is 1. The van der Waals surface area contributed by atoms with Crippen molar-refractivity contribution >= 4 is 13.7 Å². The summed E-state index contributed by atoms with van der Waals surface area (Å²) in [5, 5.41) is 13.7. The lowest BCUT2D eigenvalue weighted by Gasteiger charge is -2.25. The molecule has 3 unspecified atom stereocenters. The minimum Gasteiger partial charge on any atom is -0.387 e. The number of unbranched alkanes of at least 4 members (excludes halogenated alkanes) is 23. The Labute approximate surface area is 334 Å². The number of amides is 1. The standard InChI is InChI=1S/C45H87N2O6P/c1-6-8-10-12-14-16-18-19-20-21-22-23-24-25-26-27-28-29-31-33-35-37-39-45(49)46-43(42-53-54(50,51)52-41-40-47(3,4)5)44(48)38-36-34-32-30-17-15-13-11-9-7-2/h9,11,17,30,36,38,43-44,48H,6-8,10,12-16,18-29,31-35,37,39-42H2,1-5H3,(H-,46,49,50,51)/p+1/b11-9+,30-17+,38-36+. The Morgan fingerprint density at radius 1 is 0.630 bits per heavy atom. The topological polar surface area (TPSA) is 105 Å². The van der Waals surface area contributed by atoms with Gasteiger partial charge in [0.1, 0.15) is 13.2 Å². The van der Waals surface area contributed by atoms with Crippen LogP contribution in [-0.2, 0) is 18.4 Å². The van der Waals surface area contributed by atoms with Gasteiger partial charge >= 0.3 is 7.82 Å². The molecule has 0 rings (SSSR count). The Morgan fingerprint density at radius 2 is 1.04 bits per heavy atom. The van der Waals surface area contributed by atoms with Gasteiger partial charge in [-0.05, 0) is 38.5 Å². The van der Waals surface area contributed by atoms with Crippen molar-refractivity contribution in [3.63, 3.8) is 0 Å². The maximum absolute atomic E-state index is 12.8. The number of allylic oxidation sites excluding steroid dienone is 5. The SMILES string of the molecule is CC/C=C/CC/C=C/CC/C=C/C(O)C(COP(=O)(O)OCC[N+](C)(C)C)NC(=O)CCCCCCCCCCCCCCCCCCCCCCCC. The van der Waals surface area contributed by atoms with Crippen molar-refractivity contribution in [2.24, 2.45) is 0 Å². The molecule has 0 aromatic carbocycles. The highest BCUT2D eigenvalue weighted by Gasteiger charge is 2.27. The fraction of sp³-hybridized carbons (Fsp3) is 0.844. The van der Waals surface area contributed by atoms with Crippen molar-refractivity contribution in [2.75, 3.05) is 40.9 Å². The van der Waals surface area contributed by atoms with Crippen LogP contribution in [0.5, 0.6) is 0 Å². The molecule has 0 heterocycles. The highest BCUT2D eigenvalue weighted by molar-refractivity contribution is 7.47. The third-order valence-electron chi connectivity index (χ3n) is 9.85. The molecule has 0 aromatic heterocycles. The number of aliphatic hydroxyl groups is 1. The van der Waals surface area contributed by atoms with Gasteiger partial charge < -0.3 is 19.8 Å². The quantitative estimate of drug-likeness (QED) is 0.0247. The summed E-state index contributed by atoms with van der Waals surface area (Å²) >= 11 is 0. The molecule has 0 bridgehead atoms. The lowest BCUT2D eigenvalue weighted by atomic mass is 10.0. The Kier molecular flexibility index (Phi) is 36.4.